The molecule has 1 rings (SSSR count). The molecule has 1 aromatic rings. The Morgan fingerprint density at radius 2 is 1.63 bits per heavy atom. The molecule has 2 nitrogen and oxygen atoms in total. The summed E-state index contributed by atoms with van der Waals surface area (Å²) in [6.07, 6.45) is 1.12. The van der Waals surface area contributed by atoms with Crippen molar-refractivity contribution in [3.8, 4) is 5.75 Å². The molecule has 0 aliphatic rings. The smallest absolute Gasteiger partial charge is 0.120 e. The summed E-state index contributed by atoms with van der Waals surface area (Å²) in [5.74, 6) is 0.393. The summed E-state index contributed by atoms with van der Waals surface area (Å²) in [5.41, 5.74) is 2.72. The zero-order chi connectivity index (χ0) is 14.8. The van der Waals surface area contributed by atoms with Crippen molar-refractivity contribution in [2.24, 2.45) is 5.41 Å². The number of hydrogen-bond acceptors (Lipinski definition) is 2. The number of phenols is 1. The van der Waals surface area contributed by atoms with E-state index in [1.807, 2.05) is 20.2 Å². The predicted molar refractivity (Wildman–Crippen MR) is 82.6 cm³/mol. The van der Waals surface area contributed by atoms with Gasteiger partial charge in [-0.1, -0.05) is 46.8 Å². The summed E-state index contributed by atoms with van der Waals surface area (Å²) in [6.45, 7) is 12.2. The number of benzene rings is 1. The van der Waals surface area contributed by atoms with Crippen molar-refractivity contribution >= 4 is 0 Å². The summed E-state index contributed by atoms with van der Waals surface area (Å²) in [6, 6.07) is 6.04. The summed E-state index contributed by atoms with van der Waals surface area (Å²) in [7, 11) is 4.04. The monoisotopic (exact) mass is 263 g/mol. The molecule has 0 bridgehead atoms. The number of rotatable bonds is 4. The highest BCUT2D eigenvalue weighted by atomic mass is 16.3. The lowest BCUT2D eigenvalue weighted by Gasteiger charge is -2.33. The molecule has 0 saturated heterocycles. The minimum Gasteiger partial charge on any atom is -0.508 e. The number of aromatic hydroxyl groups is 1. The third-order valence-corrected chi connectivity index (χ3v) is 3.32. The summed E-state index contributed by atoms with van der Waals surface area (Å²) in [5, 5.41) is 9.96. The quantitative estimate of drug-likeness (QED) is 0.881. The highest BCUT2D eigenvalue weighted by Gasteiger charge is 2.27. The van der Waals surface area contributed by atoms with Crippen LogP contribution in [0.3, 0.4) is 0 Å². The minimum absolute atomic E-state index is 0.118. The van der Waals surface area contributed by atoms with Crippen LogP contribution in [0.1, 0.15) is 52.2 Å². The molecule has 0 fully saturated rings. The maximum Gasteiger partial charge on any atom is 0.120 e. The normalized spacial score (nSPS) is 13.1. The minimum atomic E-state index is 0.118. The van der Waals surface area contributed by atoms with E-state index in [0.717, 1.165) is 18.5 Å². The van der Waals surface area contributed by atoms with Crippen molar-refractivity contribution in [2.75, 3.05) is 14.1 Å². The average Bonchev–Trinajstić information content (AvgIpc) is 2.16. The third kappa shape index (κ3) is 4.87. The van der Waals surface area contributed by atoms with Crippen LogP contribution >= 0.6 is 0 Å². The summed E-state index contributed by atoms with van der Waals surface area (Å²) >= 11 is 0. The molecular formula is C17H29NO. The van der Waals surface area contributed by atoms with Crippen LogP contribution in [0, 0.1) is 5.41 Å². The van der Waals surface area contributed by atoms with Crippen LogP contribution < -0.4 is 0 Å². The fourth-order valence-electron chi connectivity index (χ4n) is 2.90. The Labute approximate surface area is 118 Å². The maximum absolute atomic E-state index is 9.96. The van der Waals surface area contributed by atoms with E-state index in [2.05, 4.69) is 51.7 Å². The molecule has 19 heavy (non-hydrogen) atoms. The fourth-order valence-corrected chi connectivity index (χ4v) is 2.90. The first-order chi connectivity index (χ1) is 8.51. The lowest BCUT2D eigenvalue weighted by molar-refractivity contribution is 0.283. The molecule has 0 spiro atoms. The molecule has 1 aromatic carbocycles. The highest BCUT2D eigenvalue weighted by molar-refractivity contribution is 5.39. The summed E-state index contributed by atoms with van der Waals surface area (Å²) in [4.78, 5) is 2.08. The second kappa shape index (κ2) is 5.54. The first kappa shape index (κ1) is 16.0. The Morgan fingerprint density at radius 3 is 2.11 bits per heavy atom. The van der Waals surface area contributed by atoms with Gasteiger partial charge in [0.25, 0.3) is 0 Å². The van der Waals surface area contributed by atoms with Crippen LogP contribution in [0.4, 0.5) is 0 Å². The molecule has 2 heteroatoms. The van der Waals surface area contributed by atoms with Gasteiger partial charge in [0.15, 0.2) is 0 Å². The van der Waals surface area contributed by atoms with Crippen molar-refractivity contribution in [1.29, 1.82) is 0 Å². The maximum atomic E-state index is 9.96. The van der Waals surface area contributed by atoms with E-state index in [4.69, 9.17) is 0 Å². The van der Waals surface area contributed by atoms with E-state index in [-0.39, 0.29) is 5.41 Å². The van der Waals surface area contributed by atoms with E-state index in [1.165, 1.54) is 5.56 Å². The zero-order valence-electron chi connectivity index (χ0n) is 13.5. The first-order valence-electron chi connectivity index (χ1n) is 6.98. The molecule has 0 aliphatic carbocycles. The Morgan fingerprint density at radius 1 is 1.05 bits per heavy atom. The molecule has 0 heterocycles. The van der Waals surface area contributed by atoms with Crippen LogP contribution in [0.5, 0.6) is 5.75 Å². The second-order valence-corrected chi connectivity index (χ2v) is 7.70. The van der Waals surface area contributed by atoms with Crippen molar-refractivity contribution < 1.29 is 5.11 Å². The fraction of sp³-hybridized carbons (Fsp3) is 0.647. The van der Waals surface area contributed by atoms with Gasteiger partial charge in [-0.2, -0.15) is 0 Å². The lowest BCUT2D eigenvalue weighted by atomic mass is 9.72. The van der Waals surface area contributed by atoms with Crippen LogP contribution in [0.25, 0.3) is 0 Å². The van der Waals surface area contributed by atoms with Crippen molar-refractivity contribution in [3.05, 3.63) is 29.3 Å². The standard InChI is InChI=1S/C17H29NO/c1-16(2,3)12-17(4,5)14-8-9-15(19)13(10-14)11-18(6)7/h8-10,19H,11-12H2,1-7H3. The molecule has 108 valence electrons. The van der Waals surface area contributed by atoms with Gasteiger partial charge < -0.3 is 10.0 Å². The van der Waals surface area contributed by atoms with E-state index in [9.17, 15) is 5.11 Å². The highest BCUT2D eigenvalue weighted by Crippen LogP contribution is 2.37. The van der Waals surface area contributed by atoms with Crippen LogP contribution in [-0.4, -0.2) is 24.1 Å². The molecule has 0 unspecified atom stereocenters. The van der Waals surface area contributed by atoms with E-state index >= 15 is 0 Å². The van der Waals surface area contributed by atoms with E-state index in [1.54, 1.807) is 0 Å². The van der Waals surface area contributed by atoms with Gasteiger partial charge in [0.2, 0.25) is 0 Å². The van der Waals surface area contributed by atoms with Gasteiger partial charge in [-0.15, -0.1) is 0 Å². The van der Waals surface area contributed by atoms with Crippen molar-refractivity contribution in [1.82, 2.24) is 4.90 Å². The topological polar surface area (TPSA) is 23.5 Å². The van der Waals surface area contributed by atoms with Crippen LogP contribution in [-0.2, 0) is 12.0 Å². The largest absolute Gasteiger partial charge is 0.508 e. The molecule has 0 amide bonds. The Balaban J connectivity index is 3.07. The van der Waals surface area contributed by atoms with Crippen molar-refractivity contribution in [2.45, 2.75) is 53.0 Å². The van der Waals surface area contributed by atoms with Gasteiger partial charge in [-0.3, -0.25) is 0 Å². The van der Waals surface area contributed by atoms with Crippen LogP contribution in [0.15, 0.2) is 18.2 Å². The van der Waals surface area contributed by atoms with Crippen molar-refractivity contribution in [3.63, 3.8) is 0 Å². The SMILES string of the molecule is CN(C)Cc1cc(C(C)(C)CC(C)(C)C)ccc1O. The zero-order valence-corrected chi connectivity index (χ0v) is 13.5. The van der Waals surface area contributed by atoms with Gasteiger partial charge in [0.05, 0.1) is 0 Å². The molecule has 0 radical (unpaired) electrons. The third-order valence-electron chi connectivity index (χ3n) is 3.32. The molecule has 0 aromatic heterocycles. The van der Waals surface area contributed by atoms with Gasteiger partial charge in [-0.05, 0) is 43.0 Å². The number of hydrogen-bond donors (Lipinski definition) is 1. The molecule has 0 aliphatic heterocycles. The van der Waals surface area contributed by atoms with Gasteiger partial charge >= 0.3 is 0 Å². The molecule has 0 atom stereocenters. The van der Waals surface area contributed by atoms with E-state index < -0.39 is 0 Å². The lowest BCUT2D eigenvalue weighted by Crippen LogP contribution is -2.25. The Bertz CT molecular complexity index is 427. The Hall–Kier alpha value is -1.02. The first-order valence-corrected chi connectivity index (χ1v) is 6.98. The van der Waals surface area contributed by atoms with Gasteiger partial charge in [0.1, 0.15) is 5.75 Å². The average molecular weight is 263 g/mol. The van der Waals surface area contributed by atoms with Gasteiger partial charge in [-0.25, -0.2) is 0 Å². The van der Waals surface area contributed by atoms with E-state index in [0.29, 0.717) is 11.2 Å². The summed E-state index contributed by atoms with van der Waals surface area (Å²) < 4.78 is 0. The number of phenolic OH excluding ortho intramolecular Hbond substituents is 1. The number of nitrogens with zero attached hydrogens (tertiary/aromatic N) is 1. The van der Waals surface area contributed by atoms with Crippen LogP contribution in [0.2, 0.25) is 0 Å². The second-order valence-electron chi connectivity index (χ2n) is 7.70. The predicted octanol–water partition coefficient (Wildman–Crippen LogP) is 4.17. The molecule has 1 N–H and O–H groups in total. The van der Waals surface area contributed by atoms with Gasteiger partial charge in [0, 0.05) is 12.1 Å². The Kier molecular flexibility index (Phi) is 4.67. The molecular weight excluding hydrogens is 234 g/mol. The molecule has 0 saturated carbocycles.